The topological polar surface area (TPSA) is 37.3 Å². The zero-order valence-electron chi connectivity index (χ0n) is 10.7. The summed E-state index contributed by atoms with van der Waals surface area (Å²) >= 11 is 0. The molecule has 0 aromatic rings. The Hall–Kier alpha value is -0.271. The summed E-state index contributed by atoms with van der Waals surface area (Å²) in [4.78, 5) is 11.8. The fourth-order valence-electron chi connectivity index (χ4n) is 2.30. The van der Waals surface area contributed by atoms with Gasteiger partial charge in [-0.25, -0.2) is 0 Å². The number of carbonyl (C=O) groups is 1. The number of aliphatic hydroxyl groups excluding tert-OH is 1. The molecule has 0 heterocycles. The molecule has 1 saturated carbocycles. The van der Waals surface area contributed by atoms with Crippen LogP contribution in [0.1, 0.15) is 64.7 Å². The monoisotopic (exact) mass is 287 g/mol. The number of ketones is 1. The average molecular weight is 288 g/mol. The first-order valence-corrected chi connectivity index (χ1v) is 6.67. The van der Waals surface area contributed by atoms with Gasteiger partial charge in [-0.05, 0) is 19.3 Å². The zero-order chi connectivity index (χ0) is 11.8. The van der Waals surface area contributed by atoms with Crippen LogP contribution in [0, 0.1) is 5.92 Å². The van der Waals surface area contributed by atoms with Crippen LogP contribution in [0.25, 0.3) is 0 Å². The minimum atomic E-state index is 0. The van der Waals surface area contributed by atoms with Crippen LogP contribution < -0.4 is 0 Å². The third kappa shape index (κ3) is 6.90. The van der Waals surface area contributed by atoms with E-state index in [1.807, 2.05) is 0 Å². The van der Waals surface area contributed by atoms with Gasteiger partial charge in [-0.15, -0.1) is 0 Å². The summed E-state index contributed by atoms with van der Waals surface area (Å²) in [6.45, 7) is 2.13. The van der Waals surface area contributed by atoms with E-state index in [2.05, 4.69) is 6.92 Å². The van der Waals surface area contributed by atoms with Gasteiger partial charge in [0.1, 0.15) is 0 Å². The van der Waals surface area contributed by atoms with Crippen LogP contribution in [0.5, 0.6) is 0 Å². The molecule has 3 heteroatoms. The Morgan fingerprint density at radius 3 is 2.47 bits per heavy atom. The van der Waals surface area contributed by atoms with Crippen molar-refractivity contribution in [3.8, 4) is 0 Å². The van der Waals surface area contributed by atoms with Gasteiger partial charge in [0.2, 0.25) is 0 Å². The average Bonchev–Trinajstić information content (AvgIpc) is 2.30. The molecule has 0 atom stereocenters. The molecule has 0 aromatic carbocycles. The molecule has 0 amide bonds. The second-order valence-corrected chi connectivity index (χ2v) is 4.83. The van der Waals surface area contributed by atoms with Gasteiger partial charge >= 0.3 is 0 Å². The number of rotatable bonds is 6. The number of allylic oxidation sites excluding steroid dienone is 2. The molecule has 0 aromatic heterocycles. The summed E-state index contributed by atoms with van der Waals surface area (Å²) in [5, 5.41) is 9.62. The summed E-state index contributed by atoms with van der Waals surface area (Å²) in [7, 11) is 0. The van der Waals surface area contributed by atoms with Crippen molar-refractivity contribution in [1.29, 1.82) is 0 Å². The summed E-state index contributed by atoms with van der Waals surface area (Å²) in [5.41, 5.74) is 0. The quantitative estimate of drug-likeness (QED) is 0.345. The van der Waals surface area contributed by atoms with Gasteiger partial charge in [0.15, 0.2) is 5.78 Å². The third-order valence-corrected chi connectivity index (χ3v) is 3.35. The molecule has 0 spiro atoms. The fourth-order valence-corrected chi connectivity index (χ4v) is 2.30. The van der Waals surface area contributed by atoms with E-state index in [0.717, 1.165) is 32.1 Å². The number of hydrogen-bond acceptors (Lipinski definition) is 2. The normalized spacial score (nSPS) is 17.6. The fraction of sp³-hybridized carbons (Fsp3) is 0.786. The molecule has 1 radical (unpaired) electrons. The van der Waals surface area contributed by atoms with Crippen molar-refractivity contribution in [3.05, 3.63) is 11.8 Å². The first-order valence-electron chi connectivity index (χ1n) is 6.67. The number of hydrogen-bond donors (Lipinski definition) is 1. The van der Waals surface area contributed by atoms with Gasteiger partial charge in [-0.2, -0.15) is 0 Å². The molecule has 1 aliphatic rings. The number of aliphatic hydroxyl groups is 1. The van der Waals surface area contributed by atoms with E-state index in [-0.39, 0.29) is 34.5 Å². The van der Waals surface area contributed by atoms with Gasteiger partial charge in [0, 0.05) is 35.5 Å². The van der Waals surface area contributed by atoms with E-state index < -0.39 is 0 Å². The molecule has 1 rings (SSSR count). The predicted molar refractivity (Wildman–Crippen MR) is 66.4 cm³/mol. The van der Waals surface area contributed by atoms with Gasteiger partial charge in [0.25, 0.3) is 0 Å². The van der Waals surface area contributed by atoms with Crippen molar-refractivity contribution in [2.75, 3.05) is 0 Å². The summed E-state index contributed by atoms with van der Waals surface area (Å²) in [6, 6.07) is 0. The predicted octanol–water partition coefficient (Wildman–Crippen LogP) is 4.16. The van der Waals surface area contributed by atoms with Gasteiger partial charge < -0.3 is 5.11 Å². The molecular weight excluding hydrogens is 264 g/mol. The molecular formula is C14H24CuO2. The molecule has 103 valence electrons. The maximum absolute atomic E-state index is 11.8. The Bertz CT molecular complexity index is 243. The largest absolute Gasteiger partial charge is 0.512 e. The minimum Gasteiger partial charge on any atom is -0.512 e. The molecule has 0 bridgehead atoms. The Balaban J connectivity index is 0.00000256. The maximum Gasteiger partial charge on any atom is 0.162 e. The maximum atomic E-state index is 11.8. The van der Waals surface area contributed by atoms with E-state index in [1.165, 1.54) is 25.3 Å². The van der Waals surface area contributed by atoms with Crippen molar-refractivity contribution in [3.63, 3.8) is 0 Å². The Morgan fingerprint density at radius 1 is 1.24 bits per heavy atom. The van der Waals surface area contributed by atoms with Crippen LogP contribution in [0.15, 0.2) is 11.8 Å². The van der Waals surface area contributed by atoms with E-state index in [0.29, 0.717) is 6.42 Å². The van der Waals surface area contributed by atoms with Crippen LogP contribution in [-0.4, -0.2) is 10.9 Å². The summed E-state index contributed by atoms with van der Waals surface area (Å²) < 4.78 is 0. The van der Waals surface area contributed by atoms with Gasteiger partial charge in [-0.3, -0.25) is 4.79 Å². The van der Waals surface area contributed by atoms with E-state index >= 15 is 0 Å². The molecule has 17 heavy (non-hydrogen) atoms. The van der Waals surface area contributed by atoms with E-state index in [1.54, 1.807) is 0 Å². The standard InChI is InChI=1S/C14H24O2.Cu/c1-2-3-5-10-13(15)11-14(16)12-8-6-4-7-9-12;/h11-12,15H,2-10H2,1H3;/b13-11-;. The molecule has 1 N–H and O–H groups in total. The van der Waals surface area contributed by atoms with Crippen LogP contribution in [0.3, 0.4) is 0 Å². The summed E-state index contributed by atoms with van der Waals surface area (Å²) in [6.07, 6.45) is 11.0. The van der Waals surface area contributed by atoms with Crippen molar-refractivity contribution < 1.29 is 27.0 Å². The SMILES string of the molecule is CCCCC/C(O)=C/C(=O)C1CCCCC1.[Cu]. The van der Waals surface area contributed by atoms with Crippen molar-refractivity contribution in [2.45, 2.75) is 64.7 Å². The molecule has 0 aliphatic heterocycles. The second kappa shape index (κ2) is 9.73. The van der Waals surface area contributed by atoms with Gasteiger partial charge in [0.05, 0.1) is 5.76 Å². The zero-order valence-corrected chi connectivity index (χ0v) is 11.6. The van der Waals surface area contributed by atoms with Crippen molar-refractivity contribution in [2.24, 2.45) is 5.92 Å². The van der Waals surface area contributed by atoms with E-state index in [4.69, 9.17) is 0 Å². The smallest absolute Gasteiger partial charge is 0.162 e. The molecule has 0 unspecified atom stereocenters. The van der Waals surface area contributed by atoms with Gasteiger partial charge in [-0.1, -0.05) is 39.0 Å². The van der Waals surface area contributed by atoms with Crippen LogP contribution >= 0.6 is 0 Å². The summed E-state index contributed by atoms with van der Waals surface area (Å²) in [5.74, 6) is 0.611. The molecule has 1 aliphatic carbocycles. The van der Waals surface area contributed by atoms with Crippen LogP contribution in [0.4, 0.5) is 0 Å². The first kappa shape index (κ1) is 16.7. The Morgan fingerprint density at radius 2 is 1.88 bits per heavy atom. The number of unbranched alkanes of at least 4 members (excludes halogenated alkanes) is 2. The Labute approximate surface area is 115 Å². The first-order chi connectivity index (χ1) is 7.74. The Kier molecular flexibility index (Phi) is 9.57. The van der Waals surface area contributed by atoms with Crippen molar-refractivity contribution >= 4 is 5.78 Å². The molecule has 1 fully saturated rings. The van der Waals surface area contributed by atoms with Crippen LogP contribution in [0.2, 0.25) is 0 Å². The number of carbonyl (C=O) groups excluding carboxylic acids is 1. The minimum absolute atomic E-state index is 0. The van der Waals surface area contributed by atoms with Crippen molar-refractivity contribution in [1.82, 2.24) is 0 Å². The van der Waals surface area contributed by atoms with E-state index in [9.17, 15) is 9.90 Å². The second-order valence-electron chi connectivity index (χ2n) is 4.83. The third-order valence-electron chi connectivity index (χ3n) is 3.35. The molecule has 2 nitrogen and oxygen atoms in total. The van der Waals surface area contributed by atoms with Crippen LogP contribution in [-0.2, 0) is 21.9 Å². The molecule has 0 saturated heterocycles.